The minimum Gasteiger partial charge on any atom is -0.347 e. The first-order chi connectivity index (χ1) is 8.89. The Kier molecular flexibility index (Phi) is 3.94. The molecule has 0 unspecified atom stereocenters. The van der Waals surface area contributed by atoms with Crippen LogP contribution in [0.4, 0.5) is 0 Å². The van der Waals surface area contributed by atoms with Gasteiger partial charge in [-0.2, -0.15) is 5.10 Å². The fourth-order valence-electron chi connectivity index (χ4n) is 2.32. The second-order valence-electron chi connectivity index (χ2n) is 6.12. The van der Waals surface area contributed by atoms with Crippen LogP contribution in [0.2, 0.25) is 0 Å². The first-order valence-corrected chi connectivity index (χ1v) is 6.95. The van der Waals surface area contributed by atoms with E-state index >= 15 is 0 Å². The third kappa shape index (κ3) is 3.35. The number of hydrogen-bond acceptors (Lipinski definition) is 3. The van der Waals surface area contributed by atoms with Gasteiger partial charge in [0.05, 0.1) is 11.8 Å². The maximum atomic E-state index is 12.3. The van der Waals surface area contributed by atoms with Gasteiger partial charge in [0.15, 0.2) is 0 Å². The van der Waals surface area contributed by atoms with Gasteiger partial charge in [-0.1, -0.05) is 0 Å². The van der Waals surface area contributed by atoms with Gasteiger partial charge < -0.3 is 10.2 Å². The number of aromatic nitrogens is 2. The molecule has 1 saturated heterocycles. The molecule has 0 aromatic carbocycles. The summed E-state index contributed by atoms with van der Waals surface area (Å²) in [4.78, 5) is 14.6. The molecule has 5 nitrogen and oxygen atoms in total. The van der Waals surface area contributed by atoms with Gasteiger partial charge in [0.2, 0.25) is 0 Å². The van der Waals surface area contributed by atoms with E-state index in [-0.39, 0.29) is 17.5 Å². The Labute approximate surface area is 115 Å². The number of amides is 1. The van der Waals surface area contributed by atoms with Crippen molar-refractivity contribution in [2.45, 2.75) is 45.2 Å². The SMILES string of the molecule is CC(C)n1cc(C(=O)NC2(C)CCN(C)CC2)cn1. The van der Waals surface area contributed by atoms with Crippen LogP contribution in [0.5, 0.6) is 0 Å². The zero-order chi connectivity index (χ0) is 14.0. The molecule has 106 valence electrons. The van der Waals surface area contributed by atoms with Gasteiger partial charge in [-0.25, -0.2) is 0 Å². The van der Waals surface area contributed by atoms with Gasteiger partial charge in [0, 0.05) is 30.9 Å². The Balaban J connectivity index is 2.00. The third-order valence-corrected chi connectivity index (χ3v) is 3.90. The number of nitrogens with one attached hydrogen (secondary N) is 1. The van der Waals surface area contributed by atoms with Crippen LogP contribution in [0, 0.1) is 0 Å². The highest BCUT2D eigenvalue weighted by Gasteiger charge is 2.30. The summed E-state index contributed by atoms with van der Waals surface area (Å²) in [7, 11) is 2.12. The molecule has 0 atom stereocenters. The lowest BCUT2D eigenvalue weighted by molar-refractivity contribution is 0.0852. The van der Waals surface area contributed by atoms with Crippen LogP contribution in [-0.2, 0) is 0 Å². The van der Waals surface area contributed by atoms with Crippen molar-refractivity contribution in [3.63, 3.8) is 0 Å². The molecule has 19 heavy (non-hydrogen) atoms. The van der Waals surface area contributed by atoms with Gasteiger partial charge in [-0.05, 0) is 40.7 Å². The topological polar surface area (TPSA) is 50.2 Å². The fraction of sp³-hybridized carbons (Fsp3) is 0.714. The molecule has 1 aromatic heterocycles. The van der Waals surface area contributed by atoms with Crippen molar-refractivity contribution in [3.8, 4) is 0 Å². The average Bonchev–Trinajstić information content (AvgIpc) is 2.83. The highest BCUT2D eigenvalue weighted by Crippen LogP contribution is 2.21. The number of nitrogens with zero attached hydrogens (tertiary/aromatic N) is 3. The zero-order valence-electron chi connectivity index (χ0n) is 12.3. The second kappa shape index (κ2) is 5.33. The molecule has 1 aliphatic heterocycles. The van der Waals surface area contributed by atoms with Crippen molar-refractivity contribution in [2.24, 2.45) is 0 Å². The van der Waals surface area contributed by atoms with Crippen LogP contribution in [0.25, 0.3) is 0 Å². The van der Waals surface area contributed by atoms with Crippen LogP contribution < -0.4 is 5.32 Å². The predicted molar refractivity (Wildman–Crippen MR) is 75.2 cm³/mol. The van der Waals surface area contributed by atoms with E-state index in [1.54, 1.807) is 6.20 Å². The van der Waals surface area contributed by atoms with E-state index < -0.39 is 0 Å². The summed E-state index contributed by atoms with van der Waals surface area (Å²) in [6, 6.07) is 0.278. The average molecular weight is 264 g/mol. The molecule has 1 amide bonds. The first kappa shape index (κ1) is 14.1. The summed E-state index contributed by atoms with van der Waals surface area (Å²) in [6.45, 7) is 8.29. The number of rotatable bonds is 3. The van der Waals surface area contributed by atoms with Gasteiger partial charge in [-0.3, -0.25) is 9.48 Å². The largest absolute Gasteiger partial charge is 0.347 e. The van der Waals surface area contributed by atoms with E-state index in [1.165, 1.54) is 0 Å². The van der Waals surface area contributed by atoms with Crippen LogP contribution >= 0.6 is 0 Å². The predicted octanol–water partition coefficient (Wildman–Crippen LogP) is 1.68. The molecule has 5 heteroatoms. The molecule has 0 aliphatic carbocycles. The van der Waals surface area contributed by atoms with Crippen LogP contribution in [0.1, 0.15) is 50.0 Å². The Morgan fingerprint density at radius 3 is 2.58 bits per heavy atom. The lowest BCUT2D eigenvalue weighted by Crippen LogP contribution is -2.52. The molecule has 0 spiro atoms. The van der Waals surface area contributed by atoms with Crippen molar-refractivity contribution in [1.29, 1.82) is 0 Å². The number of hydrogen-bond donors (Lipinski definition) is 1. The monoisotopic (exact) mass is 264 g/mol. The van der Waals surface area contributed by atoms with E-state index in [9.17, 15) is 4.79 Å². The Bertz CT molecular complexity index is 444. The molecule has 1 N–H and O–H groups in total. The van der Waals surface area contributed by atoms with Crippen molar-refractivity contribution in [2.75, 3.05) is 20.1 Å². The highest BCUT2D eigenvalue weighted by molar-refractivity contribution is 5.94. The molecule has 0 saturated carbocycles. The van der Waals surface area contributed by atoms with Gasteiger partial charge in [0.25, 0.3) is 5.91 Å². The van der Waals surface area contributed by atoms with Gasteiger partial charge in [-0.15, -0.1) is 0 Å². The maximum Gasteiger partial charge on any atom is 0.254 e. The smallest absolute Gasteiger partial charge is 0.254 e. The normalized spacial score (nSPS) is 19.6. The minimum absolute atomic E-state index is 0.0149. The molecule has 0 radical (unpaired) electrons. The molecule has 2 heterocycles. The summed E-state index contributed by atoms with van der Waals surface area (Å²) >= 11 is 0. The summed E-state index contributed by atoms with van der Waals surface area (Å²) in [6.07, 6.45) is 5.45. The Hall–Kier alpha value is -1.36. The van der Waals surface area contributed by atoms with Crippen molar-refractivity contribution >= 4 is 5.91 Å². The standard InChI is InChI=1S/C14H24N4O/c1-11(2)18-10-12(9-15-18)13(19)16-14(3)5-7-17(4)8-6-14/h9-11H,5-8H2,1-4H3,(H,16,19). The molecule has 2 rings (SSSR count). The quantitative estimate of drug-likeness (QED) is 0.903. The van der Waals surface area contributed by atoms with E-state index in [1.807, 2.05) is 24.7 Å². The number of carbonyl (C=O) groups is 1. The second-order valence-corrected chi connectivity index (χ2v) is 6.12. The number of likely N-dealkylation sites (tertiary alicyclic amines) is 1. The lowest BCUT2D eigenvalue weighted by atomic mass is 9.89. The summed E-state index contributed by atoms with van der Waals surface area (Å²) < 4.78 is 1.81. The molecular formula is C14H24N4O. The maximum absolute atomic E-state index is 12.3. The summed E-state index contributed by atoms with van der Waals surface area (Å²) in [5.74, 6) is -0.0149. The molecule has 1 aromatic rings. The molecule has 1 aliphatic rings. The van der Waals surface area contributed by atoms with E-state index in [2.05, 4.69) is 29.3 Å². The lowest BCUT2D eigenvalue weighted by Gasteiger charge is -2.38. The third-order valence-electron chi connectivity index (χ3n) is 3.90. The molecule has 0 bridgehead atoms. The number of carbonyl (C=O) groups excluding carboxylic acids is 1. The Morgan fingerprint density at radius 1 is 1.42 bits per heavy atom. The zero-order valence-corrected chi connectivity index (χ0v) is 12.3. The van der Waals surface area contributed by atoms with Crippen LogP contribution in [0.3, 0.4) is 0 Å². The minimum atomic E-state index is -0.0937. The van der Waals surface area contributed by atoms with Gasteiger partial charge in [0.1, 0.15) is 0 Å². The number of piperidine rings is 1. The van der Waals surface area contributed by atoms with E-state index in [0.29, 0.717) is 5.56 Å². The summed E-state index contributed by atoms with van der Waals surface area (Å²) in [5, 5.41) is 7.38. The summed E-state index contributed by atoms with van der Waals surface area (Å²) in [5.41, 5.74) is 0.553. The van der Waals surface area contributed by atoms with Crippen molar-refractivity contribution < 1.29 is 4.79 Å². The van der Waals surface area contributed by atoms with E-state index in [0.717, 1.165) is 25.9 Å². The van der Waals surface area contributed by atoms with Crippen LogP contribution in [-0.4, -0.2) is 46.3 Å². The van der Waals surface area contributed by atoms with Gasteiger partial charge >= 0.3 is 0 Å². The first-order valence-electron chi connectivity index (χ1n) is 6.95. The van der Waals surface area contributed by atoms with Crippen molar-refractivity contribution in [1.82, 2.24) is 20.0 Å². The van der Waals surface area contributed by atoms with E-state index in [4.69, 9.17) is 0 Å². The molecular weight excluding hydrogens is 240 g/mol. The Morgan fingerprint density at radius 2 is 2.05 bits per heavy atom. The van der Waals surface area contributed by atoms with Crippen molar-refractivity contribution in [3.05, 3.63) is 18.0 Å². The highest BCUT2D eigenvalue weighted by atomic mass is 16.1. The van der Waals surface area contributed by atoms with Crippen LogP contribution in [0.15, 0.2) is 12.4 Å². The fourth-order valence-corrected chi connectivity index (χ4v) is 2.32. The molecule has 1 fully saturated rings.